The maximum absolute atomic E-state index is 13.8. The third kappa shape index (κ3) is 2.59. The molecule has 0 spiro atoms. The number of aromatic hydroxyl groups is 1. The highest BCUT2D eigenvalue weighted by Gasteiger charge is 2.14. The van der Waals surface area contributed by atoms with Crippen molar-refractivity contribution in [1.29, 1.82) is 0 Å². The summed E-state index contributed by atoms with van der Waals surface area (Å²) in [7, 11) is 3.51. The first-order valence-corrected chi connectivity index (χ1v) is 6.23. The van der Waals surface area contributed by atoms with Gasteiger partial charge in [0.05, 0.1) is 5.69 Å². The maximum Gasteiger partial charge on any atom is 0.146 e. The van der Waals surface area contributed by atoms with Crippen molar-refractivity contribution in [2.24, 2.45) is 0 Å². The highest BCUT2D eigenvalue weighted by atomic mass is 19.1. The number of hydrogen-bond acceptors (Lipinski definition) is 3. The predicted octanol–water partition coefficient (Wildman–Crippen LogP) is 3.68. The number of para-hydroxylation sites is 1. The van der Waals surface area contributed by atoms with Gasteiger partial charge in [-0.2, -0.15) is 0 Å². The third-order valence-electron chi connectivity index (χ3n) is 3.21. The molecule has 0 aliphatic rings. The highest BCUT2D eigenvalue weighted by molar-refractivity contribution is 5.81. The number of rotatable bonds is 4. The number of anilines is 2. The summed E-state index contributed by atoms with van der Waals surface area (Å²) in [5.74, 6) is -0.224. The lowest BCUT2D eigenvalue weighted by Crippen LogP contribution is -2.16. The number of nitrogens with zero attached hydrogens (tertiary/aromatic N) is 1. The zero-order valence-corrected chi connectivity index (χ0v) is 11.5. The number of benzene rings is 2. The molecule has 0 aromatic heterocycles. The first kappa shape index (κ1) is 13.9. The summed E-state index contributed by atoms with van der Waals surface area (Å²) in [4.78, 5) is 1.61. The molecule has 2 N–H and O–H groups in total. The molecule has 0 bridgehead atoms. The Balaban J connectivity index is 2.39. The van der Waals surface area contributed by atoms with Crippen molar-refractivity contribution < 1.29 is 9.50 Å². The van der Waals surface area contributed by atoms with Crippen LogP contribution in [0.3, 0.4) is 0 Å². The van der Waals surface area contributed by atoms with Crippen LogP contribution >= 0.6 is 0 Å². The van der Waals surface area contributed by atoms with Crippen LogP contribution < -0.4 is 10.2 Å². The summed E-state index contributed by atoms with van der Waals surface area (Å²) in [6.45, 7) is 3.95. The van der Waals surface area contributed by atoms with E-state index >= 15 is 0 Å². The Morgan fingerprint density at radius 1 is 1.25 bits per heavy atom. The van der Waals surface area contributed by atoms with Gasteiger partial charge >= 0.3 is 0 Å². The minimum absolute atomic E-state index is 0.109. The van der Waals surface area contributed by atoms with Crippen LogP contribution in [0, 0.1) is 5.82 Å². The Kier molecular flexibility index (Phi) is 3.94. The Morgan fingerprint density at radius 3 is 2.60 bits per heavy atom. The molecule has 0 heterocycles. The molecule has 0 amide bonds. The van der Waals surface area contributed by atoms with Crippen molar-refractivity contribution in [2.45, 2.75) is 0 Å². The van der Waals surface area contributed by atoms with Crippen molar-refractivity contribution in [2.75, 3.05) is 24.3 Å². The van der Waals surface area contributed by atoms with Gasteiger partial charge in [-0.25, -0.2) is 4.39 Å². The number of phenolic OH excluding ortho intramolecular Hbond substituents is 1. The van der Waals surface area contributed by atoms with Gasteiger partial charge in [-0.15, -0.1) is 0 Å². The lowest BCUT2D eigenvalue weighted by molar-refractivity contribution is 0.473. The number of nitrogens with one attached hydrogen (secondary N) is 1. The number of halogens is 1. The molecule has 0 saturated heterocycles. The van der Waals surface area contributed by atoms with Gasteiger partial charge in [0.1, 0.15) is 11.6 Å². The molecule has 104 valence electrons. The van der Waals surface area contributed by atoms with Gasteiger partial charge in [0.25, 0.3) is 0 Å². The van der Waals surface area contributed by atoms with Crippen molar-refractivity contribution in [3.8, 4) is 5.75 Å². The summed E-state index contributed by atoms with van der Waals surface area (Å²) < 4.78 is 13.8. The van der Waals surface area contributed by atoms with Crippen LogP contribution in [0.15, 0.2) is 49.0 Å². The summed E-state index contributed by atoms with van der Waals surface area (Å²) >= 11 is 0. The molecular weight excluding hydrogens is 255 g/mol. The standard InChI is InChI=1S/C16H17FN2O/c1-11(13-10-12(18-2)8-9-16(13)20)19(3)15-7-5-4-6-14(15)17/h4-10,18,20H,1H2,2-3H3. The van der Waals surface area contributed by atoms with E-state index in [-0.39, 0.29) is 11.6 Å². The molecule has 0 saturated carbocycles. The average Bonchev–Trinajstić information content (AvgIpc) is 2.47. The molecule has 0 fully saturated rings. The smallest absolute Gasteiger partial charge is 0.146 e. The van der Waals surface area contributed by atoms with E-state index in [0.717, 1.165) is 5.69 Å². The van der Waals surface area contributed by atoms with Gasteiger partial charge in [0.2, 0.25) is 0 Å². The number of hydrogen-bond donors (Lipinski definition) is 2. The van der Waals surface area contributed by atoms with Crippen LogP contribution in [0.25, 0.3) is 5.70 Å². The monoisotopic (exact) mass is 272 g/mol. The van der Waals surface area contributed by atoms with Crippen LogP contribution in [0.1, 0.15) is 5.56 Å². The molecule has 0 radical (unpaired) electrons. The summed E-state index contributed by atoms with van der Waals surface area (Å²) in [5.41, 5.74) is 2.33. The molecule has 0 unspecified atom stereocenters. The van der Waals surface area contributed by atoms with E-state index < -0.39 is 0 Å². The first-order chi connectivity index (χ1) is 9.54. The fraction of sp³-hybridized carbons (Fsp3) is 0.125. The van der Waals surface area contributed by atoms with E-state index in [1.165, 1.54) is 6.07 Å². The van der Waals surface area contributed by atoms with Crippen molar-refractivity contribution in [3.63, 3.8) is 0 Å². The highest BCUT2D eigenvalue weighted by Crippen LogP contribution is 2.32. The van der Waals surface area contributed by atoms with Gasteiger partial charge in [-0.1, -0.05) is 18.7 Å². The first-order valence-electron chi connectivity index (χ1n) is 6.23. The van der Waals surface area contributed by atoms with E-state index in [2.05, 4.69) is 11.9 Å². The van der Waals surface area contributed by atoms with E-state index in [1.54, 1.807) is 55.4 Å². The SMILES string of the molecule is C=C(c1cc(NC)ccc1O)N(C)c1ccccc1F. The van der Waals surface area contributed by atoms with Crippen molar-refractivity contribution in [3.05, 3.63) is 60.4 Å². The topological polar surface area (TPSA) is 35.5 Å². The van der Waals surface area contributed by atoms with Crippen LogP contribution in [0.5, 0.6) is 5.75 Å². The molecule has 0 aliphatic carbocycles. The average molecular weight is 272 g/mol. The van der Waals surface area contributed by atoms with E-state index in [1.807, 2.05) is 0 Å². The van der Waals surface area contributed by atoms with Crippen LogP contribution in [0.2, 0.25) is 0 Å². The quantitative estimate of drug-likeness (QED) is 0.833. The molecule has 0 aliphatic heterocycles. The molecule has 20 heavy (non-hydrogen) atoms. The minimum atomic E-state index is -0.333. The van der Waals surface area contributed by atoms with Gasteiger partial charge in [0.15, 0.2) is 0 Å². The van der Waals surface area contributed by atoms with Gasteiger partial charge in [-0.05, 0) is 30.3 Å². The van der Waals surface area contributed by atoms with Crippen LogP contribution in [-0.2, 0) is 0 Å². The second-order valence-corrected chi connectivity index (χ2v) is 4.44. The van der Waals surface area contributed by atoms with E-state index in [4.69, 9.17) is 0 Å². The zero-order valence-electron chi connectivity index (χ0n) is 11.5. The summed E-state index contributed by atoms with van der Waals surface area (Å²) in [6.07, 6.45) is 0. The zero-order chi connectivity index (χ0) is 14.7. The molecule has 2 aromatic carbocycles. The fourth-order valence-corrected chi connectivity index (χ4v) is 1.97. The normalized spacial score (nSPS) is 10.2. The van der Waals surface area contributed by atoms with E-state index in [9.17, 15) is 9.50 Å². The van der Waals surface area contributed by atoms with Crippen molar-refractivity contribution >= 4 is 17.1 Å². The molecule has 0 atom stereocenters. The summed E-state index contributed by atoms with van der Waals surface area (Å²) in [5, 5.41) is 13.0. The second kappa shape index (κ2) is 5.65. The number of phenols is 1. The van der Waals surface area contributed by atoms with Crippen LogP contribution in [-0.4, -0.2) is 19.2 Å². The Hall–Kier alpha value is -2.49. The van der Waals surface area contributed by atoms with Crippen LogP contribution in [0.4, 0.5) is 15.8 Å². The molecule has 2 aromatic rings. The lowest BCUT2D eigenvalue weighted by atomic mass is 10.1. The second-order valence-electron chi connectivity index (χ2n) is 4.44. The molecule has 3 nitrogen and oxygen atoms in total. The van der Waals surface area contributed by atoms with E-state index in [0.29, 0.717) is 16.9 Å². The molecule has 4 heteroatoms. The predicted molar refractivity (Wildman–Crippen MR) is 81.5 cm³/mol. The Bertz CT molecular complexity index is 640. The third-order valence-corrected chi connectivity index (χ3v) is 3.21. The van der Waals surface area contributed by atoms with Gasteiger partial charge in [0, 0.05) is 31.0 Å². The maximum atomic E-state index is 13.8. The largest absolute Gasteiger partial charge is 0.507 e. The lowest BCUT2D eigenvalue weighted by Gasteiger charge is -2.23. The minimum Gasteiger partial charge on any atom is -0.507 e. The Labute approximate surface area is 118 Å². The summed E-state index contributed by atoms with van der Waals surface area (Å²) in [6, 6.07) is 11.6. The molecular formula is C16H17FN2O. The fourth-order valence-electron chi connectivity index (χ4n) is 1.97. The molecule has 2 rings (SSSR count). The van der Waals surface area contributed by atoms with Gasteiger partial charge < -0.3 is 15.3 Å². The van der Waals surface area contributed by atoms with Gasteiger partial charge in [-0.3, -0.25) is 0 Å². The van der Waals surface area contributed by atoms with Crippen molar-refractivity contribution in [1.82, 2.24) is 0 Å². The Morgan fingerprint density at radius 2 is 1.95 bits per heavy atom.